The van der Waals surface area contributed by atoms with Crippen molar-refractivity contribution in [3.8, 4) is 17.1 Å². The van der Waals surface area contributed by atoms with Crippen LogP contribution in [0.15, 0.2) is 53.8 Å². The zero-order valence-electron chi connectivity index (χ0n) is 12.5. The van der Waals surface area contributed by atoms with Crippen LogP contribution in [0.2, 0.25) is 0 Å². The number of pyridine rings is 1. The lowest BCUT2D eigenvalue weighted by Gasteiger charge is -2.03. The number of ether oxygens (including phenoxy) is 1. The van der Waals surface area contributed by atoms with Crippen molar-refractivity contribution in [1.82, 2.24) is 19.2 Å². The SMILES string of the molecule is COc1ccc(-c2ncn(S(=O)(=O)c3ccc(C)nc3)n2)cc1. The molecule has 8 heteroatoms. The highest BCUT2D eigenvalue weighted by Crippen LogP contribution is 2.20. The number of aryl methyl sites for hydroxylation is 1. The van der Waals surface area contributed by atoms with E-state index in [4.69, 9.17) is 4.74 Å². The standard InChI is InChI=1S/C15H14N4O3S/c1-11-3-8-14(9-16-11)23(20,21)19-10-17-15(18-19)12-4-6-13(22-2)7-5-12/h3-10H,1-2H3. The molecular weight excluding hydrogens is 316 g/mol. The summed E-state index contributed by atoms with van der Waals surface area (Å²) < 4.78 is 30.9. The molecule has 0 spiro atoms. The van der Waals surface area contributed by atoms with Crippen LogP contribution in [0.3, 0.4) is 0 Å². The Hall–Kier alpha value is -2.74. The largest absolute Gasteiger partial charge is 0.497 e. The Morgan fingerprint density at radius 2 is 1.78 bits per heavy atom. The number of methoxy groups -OCH3 is 1. The maximum absolute atomic E-state index is 12.5. The Kier molecular flexibility index (Phi) is 3.83. The van der Waals surface area contributed by atoms with Gasteiger partial charge in [-0.2, -0.15) is 8.42 Å². The van der Waals surface area contributed by atoms with Gasteiger partial charge in [-0.25, -0.2) is 4.98 Å². The van der Waals surface area contributed by atoms with E-state index in [1.165, 1.54) is 18.6 Å². The van der Waals surface area contributed by atoms with E-state index in [2.05, 4.69) is 15.1 Å². The van der Waals surface area contributed by atoms with E-state index in [0.29, 0.717) is 17.1 Å². The van der Waals surface area contributed by atoms with Crippen molar-refractivity contribution < 1.29 is 13.2 Å². The van der Waals surface area contributed by atoms with E-state index in [9.17, 15) is 8.42 Å². The first-order chi connectivity index (χ1) is 11.0. The molecular formula is C15H14N4O3S. The second kappa shape index (κ2) is 5.81. The van der Waals surface area contributed by atoms with Gasteiger partial charge in [0.2, 0.25) is 0 Å². The lowest BCUT2D eigenvalue weighted by atomic mass is 10.2. The number of hydrogen-bond acceptors (Lipinski definition) is 6. The van der Waals surface area contributed by atoms with Crippen LogP contribution in [0.1, 0.15) is 5.69 Å². The van der Waals surface area contributed by atoms with Crippen LogP contribution in [0, 0.1) is 6.92 Å². The van der Waals surface area contributed by atoms with Crippen LogP contribution in [-0.2, 0) is 10.0 Å². The number of benzene rings is 1. The van der Waals surface area contributed by atoms with E-state index < -0.39 is 10.0 Å². The fourth-order valence-corrected chi connectivity index (χ4v) is 2.95. The summed E-state index contributed by atoms with van der Waals surface area (Å²) in [6.07, 6.45) is 2.48. The Labute approximate surface area is 133 Å². The lowest BCUT2D eigenvalue weighted by Crippen LogP contribution is -2.14. The normalized spacial score (nSPS) is 11.4. The van der Waals surface area contributed by atoms with Crippen molar-refractivity contribution in [2.24, 2.45) is 0 Å². The third-order valence-electron chi connectivity index (χ3n) is 3.25. The van der Waals surface area contributed by atoms with Gasteiger partial charge in [0.05, 0.1) is 7.11 Å². The minimum atomic E-state index is -3.80. The molecule has 3 aromatic rings. The van der Waals surface area contributed by atoms with Crippen molar-refractivity contribution in [3.05, 3.63) is 54.6 Å². The van der Waals surface area contributed by atoms with Gasteiger partial charge in [0.15, 0.2) is 5.82 Å². The highest BCUT2D eigenvalue weighted by atomic mass is 32.2. The predicted molar refractivity (Wildman–Crippen MR) is 83.6 cm³/mol. The van der Waals surface area contributed by atoms with E-state index in [-0.39, 0.29) is 4.90 Å². The van der Waals surface area contributed by atoms with Crippen molar-refractivity contribution in [1.29, 1.82) is 0 Å². The molecule has 0 radical (unpaired) electrons. The van der Waals surface area contributed by atoms with Crippen molar-refractivity contribution >= 4 is 10.0 Å². The molecule has 0 N–H and O–H groups in total. The van der Waals surface area contributed by atoms with Gasteiger partial charge < -0.3 is 4.74 Å². The molecule has 0 amide bonds. The molecule has 0 aliphatic heterocycles. The van der Waals surface area contributed by atoms with Gasteiger partial charge >= 0.3 is 0 Å². The summed E-state index contributed by atoms with van der Waals surface area (Å²) in [5, 5.41) is 4.06. The first-order valence-electron chi connectivity index (χ1n) is 6.75. The highest BCUT2D eigenvalue weighted by molar-refractivity contribution is 7.89. The van der Waals surface area contributed by atoms with E-state index in [1.807, 2.05) is 0 Å². The van der Waals surface area contributed by atoms with Crippen LogP contribution in [-0.4, -0.2) is 34.7 Å². The Morgan fingerprint density at radius 3 is 2.39 bits per heavy atom. The first kappa shape index (κ1) is 15.2. The minimum absolute atomic E-state index is 0.0641. The Bertz CT molecular complexity index is 916. The molecule has 0 atom stereocenters. The number of rotatable bonds is 4. The Balaban J connectivity index is 1.95. The molecule has 2 aromatic heterocycles. The Morgan fingerprint density at radius 1 is 1.04 bits per heavy atom. The summed E-state index contributed by atoms with van der Waals surface area (Å²) in [6, 6.07) is 10.2. The fourth-order valence-electron chi connectivity index (χ4n) is 1.95. The summed E-state index contributed by atoms with van der Waals surface area (Å²) in [5.41, 5.74) is 1.43. The van der Waals surface area contributed by atoms with Crippen LogP contribution in [0.4, 0.5) is 0 Å². The van der Waals surface area contributed by atoms with Gasteiger partial charge in [-0.05, 0) is 43.3 Å². The van der Waals surface area contributed by atoms with Gasteiger partial charge in [0.1, 0.15) is 17.0 Å². The maximum Gasteiger partial charge on any atom is 0.285 e. The predicted octanol–water partition coefficient (Wildman–Crippen LogP) is 1.89. The first-order valence-corrected chi connectivity index (χ1v) is 8.19. The summed E-state index contributed by atoms with van der Waals surface area (Å²) >= 11 is 0. The molecule has 0 aliphatic carbocycles. The van der Waals surface area contributed by atoms with Gasteiger partial charge in [-0.3, -0.25) is 4.98 Å². The topological polar surface area (TPSA) is 87.0 Å². The van der Waals surface area contributed by atoms with Gasteiger partial charge in [-0.15, -0.1) is 9.19 Å². The zero-order chi connectivity index (χ0) is 16.4. The molecule has 0 aliphatic rings. The molecule has 0 fully saturated rings. The summed E-state index contributed by atoms with van der Waals surface area (Å²) in [7, 11) is -2.23. The quantitative estimate of drug-likeness (QED) is 0.726. The number of aromatic nitrogens is 4. The van der Waals surface area contributed by atoms with Crippen LogP contribution >= 0.6 is 0 Å². The lowest BCUT2D eigenvalue weighted by molar-refractivity contribution is 0.415. The molecule has 2 heterocycles. The van der Waals surface area contributed by atoms with Gasteiger partial charge in [0.25, 0.3) is 10.0 Å². The fraction of sp³-hybridized carbons (Fsp3) is 0.133. The van der Waals surface area contributed by atoms with E-state index in [1.54, 1.807) is 44.4 Å². The van der Waals surface area contributed by atoms with Crippen LogP contribution in [0.25, 0.3) is 11.4 Å². The minimum Gasteiger partial charge on any atom is -0.497 e. The van der Waals surface area contributed by atoms with Gasteiger partial charge in [-0.1, -0.05) is 0 Å². The molecule has 23 heavy (non-hydrogen) atoms. The zero-order valence-corrected chi connectivity index (χ0v) is 13.4. The molecule has 1 aromatic carbocycles. The molecule has 118 valence electrons. The van der Waals surface area contributed by atoms with E-state index >= 15 is 0 Å². The third-order valence-corrected chi connectivity index (χ3v) is 4.75. The van der Waals surface area contributed by atoms with E-state index in [0.717, 1.165) is 9.78 Å². The van der Waals surface area contributed by atoms with Crippen molar-refractivity contribution in [3.63, 3.8) is 0 Å². The third kappa shape index (κ3) is 2.93. The smallest absolute Gasteiger partial charge is 0.285 e. The average Bonchev–Trinajstić information content (AvgIpc) is 3.06. The number of nitrogens with zero attached hydrogens (tertiary/aromatic N) is 4. The van der Waals surface area contributed by atoms with Gasteiger partial charge in [0, 0.05) is 17.5 Å². The summed E-state index contributed by atoms with van der Waals surface area (Å²) in [6.45, 7) is 1.79. The average molecular weight is 330 g/mol. The monoisotopic (exact) mass is 330 g/mol. The van der Waals surface area contributed by atoms with Crippen LogP contribution < -0.4 is 4.74 Å². The summed E-state index contributed by atoms with van der Waals surface area (Å²) in [4.78, 5) is 8.13. The number of hydrogen-bond donors (Lipinski definition) is 0. The molecule has 7 nitrogen and oxygen atoms in total. The maximum atomic E-state index is 12.5. The molecule has 0 saturated heterocycles. The van der Waals surface area contributed by atoms with Crippen molar-refractivity contribution in [2.75, 3.05) is 7.11 Å². The molecule has 0 saturated carbocycles. The van der Waals surface area contributed by atoms with Crippen LogP contribution in [0.5, 0.6) is 5.75 Å². The second-order valence-electron chi connectivity index (χ2n) is 4.81. The summed E-state index contributed by atoms with van der Waals surface area (Å²) in [5.74, 6) is 1.02. The van der Waals surface area contributed by atoms with Crippen molar-refractivity contribution in [2.45, 2.75) is 11.8 Å². The highest BCUT2D eigenvalue weighted by Gasteiger charge is 2.19. The molecule has 3 rings (SSSR count). The molecule has 0 bridgehead atoms. The second-order valence-corrected chi connectivity index (χ2v) is 6.61. The molecule has 0 unspecified atom stereocenters.